The van der Waals surface area contributed by atoms with Crippen LogP contribution in [-0.2, 0) is 20.9 Å². The summed E-state index contributed by atoms with van der Waals surface area (Å²) >= 11 is 5.29. The van der Waals surface area contributed by atoms with Gasteiger partial charge in [-0.25, -0.2) is 4.79 Å². The zero-order valence-electron chi connectivity index (χ0n) is 18.2. The molecule has 0 saturated carbocycles. The summed E-state index contributed by atoms with van der Waals surface area (Å²) in [6, 6.07) is 14.1. The Morgan fingerprint density at radius 1 is 1.00 bits per heavy atom. The SMILES string of the molecule is CCN1C(=O)C(=Cc2cccc(OCc3ccc(C(=O)OC)cc3)c2)C(=O)N(CC)C1=S. The highest BCUT2D eigenvalue weighted by Crippen LogP contribution is 2.22. The number of methoxy groups -OCH3 is 1. The first-order valence-corrected chi connectivity index (χ1v) is 10.6. The average molecular weight is 453 g/mol. The third-order valence-corrected chi connectivity index (χ3v) is 5.44. The Kier molecular flexibility index (Phi) is 7.37. The molecule has 3 rings (SSSR count). The number of benzene rings is 2. The summed E-state index contributed by atoms with van der Waals surface area (Å²) in [6.07, 6.45) is 1.57. The number of esters is 1. The van der Waals surface area contributed by atoms with E-state index in [9.17, 15) is 14.4 Å². The first kappa shape index (κ1) is 23.1. The zero-order chi connectivity index (χ0) is 23.3. The van der Waals surface area contributed by atoms with Gasteiger partial charge in [-0.15, -0.1) is 0 Å². The average Bonchev–Trinajstić information content (AvgIpc) is 2.81. The van der Waals surface area contributed by atoms with Crippen molar-refractivity contribution in [2.45, 2.75) is 20.5 Å². The molecule has 1 fully saturated rings. The molecule has 7 nitrogen and oxygen atoms in total. The van der Waals surface area contributed by atoms with E-state index in [4.69, 9.17) is 21.7 Å². The largest absolute Gasteiger partial charge is 0.489 e. The molecular weight excluding hydrogens is 428 g/mol. The van der Waals surface area contributed by atoms with Crippen molar-refractivity contribution in [3.63, 3.8) is 0 Å². The van der Waals surface area contributed by atoms with Crippen LogP contribution >= 0.6 is 12.2 Å². The molecule has 0 spiro atoms. The quantitative estimate of drug-likeness (QED) is 0.277. The second-order valence-corrected chi connectivity index (χ2v) is 7.35. The Morgan fingerprint density at radius 3 is 2.19 bits per heavy atom. The highest BCUT2D eigenvalue weighted by atomic mass is 32.1. The summed E-state index contributed by atoms with van der Waals surface area (Å²) in [7, 11) is 1.34. The van der Waals surface area contributed by atoms with Crippen LogP contribution < -0.4 is 4.74 Å². The van der Waals surface area contributed by atoms with E-state index >= 15 is 0 Å². The van der Waals surface area contributed by atoms with E-state index in [0.29, 0.717) is 36.6 Å². The minimum atomic E-state index is -0.399. The van der Waals surface area contributed by atoms with Crippen molar-refractivity contribution in [3.05, 3.63) is 70.8 Å². The molecule has 2 aromatic carbocycles. The van der Waals surface area contributed by atoms with Gasteiger partial charge in [-0.05, 0) is 67.5 Å². The van der Waals surface area contributed by atoms with Crippen molar-refractivity contribution in [3.8, 4) is 5.75 Å². The summed E-state index contributed by atoms with van der Waals surface area (Å²) in [5, 5.41) is 0.234. The number of amides is 2. The Bertz CT molecular complexity index is 1050. The third-order valence-electron chi connectivity index (χ3n) is 5.00. The molecule has 0 aromatic heterocycles. The van der Waals surface area contributed by atoms with E-state index in [-0.39, 0.29) is 10.7 Å². The van der Waals surface area contributed by atoms with Crippen molar-refractivity contribution >= 4 is 41.2 Å². The molecule has 0 radical (unpaired) electrons. The number of thiocarbonyl (C=S) groups is 1. The van der Waals surface area contributed by atoms with Crippen LogP contribution in [0.1, 0.15) is 35.3 Å². The fraction of sp³-hybridized carbons (Fsp3) is 0.250. The van der Waals surface area contributed by atoms with Gasteiger partial charge in [-0.3, -0.25) is 19.4 Å². The summed E-state index contributed by atoms with van der Waals surface area (Å²) in [6.45, 7) is 4.70. The maximum absolute atomic E-state index is 12.8. The zero-order valence-corrected chi connectivity index (χ0v) is 19.0. The minimum absolute atomic E-state index is 0.0675. The molecule has 0 N–H and O–H groups in total. The number of likely N-dealkylation sites (N-methyl/N-ethyl adjacent to an activating group) is 2. The van der Waals surface area contributed by atoms with Crippen molar-refractivity contribution < 1.29 is 23.9 Å². The van der Waals surface area contributed by atoms with Crippen molar-refractivity contribution in [1.82, 2.24) is 9.80 Å². The van der Waals surface area contributed by atoms with Crippen LogP contribution in [0.15, 0.2) is 54.1 Å². The molecule has 1 saturated heterocycles. The highest BCUT2D eigenvalue weighted by molar-refractivity contribution is 7.80. The second kappa shape index (κ2) is 10.2. The van der Waals surface area contributed by atoms with E-state index in [0.717, 1.165) is 5.56 Å². The third kappa shape index (κ3) is 4.86. The highest BCUT2D eigenvalue weighted by Gasteiger charge is 2.37. The molecule has 1 aliphatic rings. The predicted molar refractivity (Wildman–Crippen MR) is 124 cm³/mol. The number of rotatable bonds is 7. The van der Waals surface area contributed by atoms with Crippen LogP contribution in [0.25, 0.3) is 6.08 Å². The van der Waals surface area contributed by atoms with Gasteiger partial charge in [-0.1, -0.05) is 24.3 Å². The van der Waals surface area contributed by atoms with Crippen LogP contribution in [0.3, 0.4) is 0 Å². The lowest BCUT2D eigenvalue weighted by Gasteiger charge is -2.35. The Balaban J connectivity index is 1.77. The van der Waals surface area contributed by atoms with Gasteiger partial charge >= 0.3 is 5.97 Å². The monoisotopic (exact) mass is 452 g/mol. The number of ether oxygens (including phenoxy) is 2. The summed E-state index contributed by atoms with van der Waals surface area (Å²) < 4.78 is 10.5. The van der Waals surface area contributed by atoms with Gasteiger partial charge in [0, 0.05) is 13.1 Å². The molecule has 0 unspecified atom stereocenters. The van der Waals surface area contributed by atoms with Crippen LogP contribution in [0.5, 0.6) is 5.75 Å². The Morgan fingerprint density at radius 2 is 1.62 bits per heavy atom. The maximum Gasteiger partial charge on any atom is 0.337 e. The molecule has 0 bridgehead atoms. The van der Waals surface area contributed by atoms with Gasteiger partial charge in [0.2, 0.25) is 0 Å². The smallest absolute Gasteiger partial charge is 0.337 e. The molecule has 8 heteroatoms. The van der Waals surface area contributed by atoms with E-state index < -0.39 is 17.8 Å². The van der Waals surface area contributed by atoms with Gasteiger partial charge in [0.05, 0.1) is 12.7 Å². The molecule has 166 valence electrons. The van der Waals surface area contributed by atoms with E-state index in [1.54, 1.807) is 54.6 Å². The van der Waals surface area contributed by atoms with Crippen LogP contribution in [-0.4, -0.2) is 52.9 Å². The molecule has 2 aromatic rings. The summed E-state index contributed by atoms with van der Waals surface area (Å²) in [5.74, 6) is -0.607. The molecule has 0 aliphatic carbocycles. The van der Waals surface area contributed by atoms with Gasteiger partial charge in [0.15, 0.2) is 5.11 Å². The molecule has 0 atom stereocenters. The molecule has 2 amide bonds. The topological polar surface area (TPSA) is 76.1 Å². The lowest BCUT2D eigenvalue weighted by atomic mass is 10.1. The number of hydrogen-bond donors (Lipinski definition) is 0. The van der Waals surface area contributed by atoms with Gasteiger partial charge in [-0.2, -0.15) is 0 Å². The summed E-state index contributed by atoms with van der Waals surface area (Å²) in [4.78, 5) is 40.0. The first-order valence-electron chi connectivity index (χ1n) is 10.2. The lowest BCUT2D eigenvalue weighted by Crippen LogP contribution is -2.55. The van der Waals surface area contributed by atoms with Crippen molar-refractivity contribution in [2.24, 2.45) is 0 Å². The van der Waals surface area contributed by atoms with E-state index in [1.807, 2.05) is 13.8 Å². The standard InChI is InChI=1S/C24H24N2O5S/c1-4-25-21(27)20(22(28)26(5-2)24(25)32)14-17-7-6-8-19(13-17)31-15-16-9-11-18(12-10-16)23(29)30-3/h6-14H,4-5,15H2,1-3H3. The summed E-state index contributed by atoms with van der Waals surface area (Å²) in [5.41, 5.74) is 2.08. The predicted octanol–water partition coefficient (Wildman–Crippen LogP) is 3.43. The van der Waals surface area contributed by atoms with Gasteiger partial charge in [0.25, 0.3) is 11.8 Å². The number of nitrogens with zero attached hydrogens (tertiary/aromatic N) is 2. The number of carbonyl (C=O) groups is 3. The van der Waals surface area contributed by atoms with Crippen LogP contribution in [0, 0.1) is 0 Å². The number of hydrogen-bond acceptors (Lipinski definition) is 6. The molecule has 32 heavy (non-hydrogen) atoms. The van der Waals surface area contributed by atoms with Crippen LogP contribution in [0.2, 0.25) is 0 Å². The van der Waals surface area contributed by atoms with Gasteiger partial charge in [0.1, 0.15) is 17.9 Å². The Hall–Kier alpha value is -3.52. The van der Waals surface area contributed by atoms with E-state index in [1.165, 1.54) is 16.9 Å². The Labute approximate surface area is 192 Å². The lowest BCUT2D eigenvalue weighted by molar-refractivity contribution is -0.133. The van der Waals surface area contributed by atoms with Gasteiger partial charge < -0.3 is 9.47 Å². The second-order valence-electron chi connectivity index (χ2n) is 6.99. The fourth-order valence-electron chi connectivity index (χ4n) is 3.27. The molecule has 1 aliphatic heterocycles. The molecule has 1 heterocycles. The van der Waals surface area contributed by atoms with Crippen LogP contribution in [0.4, 0.5) is 0 Å². The molecular formula is C24H24N2O5S. The first-order chi connectivity index (χ1) is 15.4. The maximum atomic E-state index is 12.8. The fourth-order valence-corrected chi connectivity index (χ4v) is 3.69. The number of carbonyl (C=O) groups excluding carboxylic acids is 3. The van der Waals surface area contributed by atoms with E-state index in [2.05, 4.69) is 0 Å². The minimum Gasteiger partial charge on any atom is -0.489 e. The van der Waals surface area contributed by atoms with Crippen molar-refractivity contribution in [2.75, 3.05) is 20.2 Å². The normalized spacial score (nSPS) is 14.0. The van der Waals surface area contributed by atoms with Crippen molar-refractivity contribution in [1.29, 1.82) is 0 Å².